The Balaban J connectivity index is 2.00. The standard InChI is InChI=1S/C16H23N3O2/c1-12(13-7-3-2-4-8-13)11-18-15(20)16(14(17)19-21)9-5-6-10-16/h2-4,7-8,12,21H,5-6,9-11H2,1H3,(H2,17,19)(H,18,20). The van der Waals surface area contributed by atoms with Crippen LogP contribution in [0.3, 0.4) is 0 Å². The second-order valence-electron chi connectivity index (χ2n) is 5.80. The number of amidine groups is 1. The van der Waals surface area contributed by atoms with Crippen molar-refractivity contribution in [3.63, 3.8) is 0 Å². The number of hydrogen-bond donors (Lipinski definition) is 3. The molecule has 0 radical (unpaired) electrons. The van der Waals surface area contributed by atoms with Crippen LogP contribution in [0.4, 0.5) is 0 Å². The van der Waals surface area contributed by atoms with E-state index >= 15 is 0 Å². The number of nitrogens with two attached hydrogens (primary N) is 1. The highest BCUT2D eigenvalue weighted by atomic mass is 16.4. The maximum atomic E-state index is 12.5. The van der Waals surface area contributed by atoms with Crippen molar-refractivity contribution in [1.29, 1.82) is 0 Å². The Morgan fingerprint density at radius 3 is 2.57 bits per heavy atom. The van der Waals surface area contributed by atoms with Crippen LogP contribution in [-0.2, 0) is 4.79 Å². The minimum Gasteiger partial charge on any atom is -0.409 e. The van der Waals surface area contributed by atoms with Crippen LogP contribution >= 0.6 is 0 Å². The summed E-state index contributed by atoms with van der Waals surface area (Å²) < 4.78 is 0. The van der Waals surface area contributed by atoms with Gasteiger partial charge in [-0.05, 0) is 24.3 Å². The Bertz CT molecular complexity index is 508. The van der Waals surface area contributed by atoms with E-state index in [-0.39, 0.29) is 17.7 Å². The average Bonchev–Trinajstić information content (AvgIpc) is 3.03. The fourth-order valence-electron chi connectivity index (χ4n) is 2.99. The van der Waals surface area contributed by atoms with Gasteiger partial charge < -0.3 is 16.3 Å². The molecule has 0 saturated heterocycles. The van der Waals surface area contributed by atoms with Crippen molar-refractivity contribution in [2.75, 3.05) is 6.54 Å². The molecular weight excluding hydrogens is 266 g/mol. The molecule has 5 heteroatoms. The van der Waals surface area contributed by atoms with Crippen LogP contribution in [-0.4, -0.2) is 23.5 Å². The zero-order valence-electron chi connectivity index (χ0n) is 12.4. The highest BCUT2D eigenvalue weighted by molar-refractivity contribution is 6.07. The van der Waals surface area contributed by atoms with Gasteiger partial charge in [0.05, 0.1) is 0 Å². The number of carbonyl (C=O) groups is 1. The third kappa shape index (κ3) is 3.17. The molecule has 4 N–H and O–H groups in total. The molecule has 1 fully saturated rings. The summed E-state index contributed by atoms with van der Waals surface area (Å²) in [7, 11) is 0. The lowest BCUT2D eigenvalue weighted by atomic mass is 9.83. The molecule has 0 spiro atoms. The van der Waals surface area contributed by atoms with Crippen molar-refractivity contribution in [3.8, 4) is 0 Å². The van der Waals surface area contributed by atoms with Crippen molar-refractivity contribution in [2.45, 2.75) is 38.5 Å². The Hall–Kier alpha value is -2.04. The summed E-state index contributed by atoms with van der Waals surface area (Å²) in [5.74, 6) is 0.129. The molecule has 0 bridgehead atoms. The lowest BCUT2D eigenvalue weighted by molar-refractivity contribution is -0.127. The van der Waals surface area contributed by atoms with Gasteiger partial charge in [0.25, 0.3) is 0 Å². The SMILES string of the molecule is CC(CNC(=O)C1(/C(N)=N/O)CCCC1)c1ccccc1. The lowest BCUT2D eigenvalue weighted by Crippen LogP contribution is -2.48. The Morgan fingerprint density at radius 2 is 2.00 bits per heavy atom. The maximum Gasteiger partial charge on any atom is 0.233 e. The second-order valence-corrected chi connectivity index (χ2v) is 5.80. The van der Waals surface area contributed by atoms with E-state index in [4.69, 9.17) is 10.9 Å². The largest absolute Gasteiger partial charge is 0.409 e. The van der Waals surface area contributed by atoms with E-state index in [1.807, 2.05) is 30.3 Å². The number of rotatable bonds is 5. The van der Waals surface area contributed by atoms with Gasteiger partial charge in [-0.3, -0.25) is 4.79 Å². The van der Waals surface area contributed by atoms with Crippen molar-refractivity contribution in [1.82, 2.24) is 5.32 Å². The minimum absolute atomic E-state index is 0.0323. The highest BCUT2D eigenvalue weighted by Crippen LogP contribution is 2.38. The van der Waals surface area contributed by atoms with Crippen molar-refractivity contribution < 1.29 is 10.0 Å². The molecule has 2 rings (SSSR count). The fourth-order valence-corrected chi connectivity index (χ4v) is 2.99. The molecule has 1 unspecified atom stereocenters. The molecule has 1 aliphatic rings. The Morgan fingerprint density at radius 1 is 1.38 bits per heavy atom. The molecule has 1 saturated carbocycles. The van der Waals surface area contributed by atoms with Crippen LogP contribution in [0.2, 0.25) is 0 Å². The van der Waals surface area contributed by atoms with Crippen molar-refractivity contribution >= 4 is 11.7 Å². The van der Waals surface area contributed by atoms with Gasteiger partial charge in [0, 0.05) is 6.54 Å². The molecular formula is C16H23N3O2. The number of carbonyl (C=O) groups excluding carboxylic acids is 1. The van der Waals surface area contributed by atoms with Crippen LogP contribution < -0.4 is 11.1 Å². The molecule has 5 nitrogen and oxygen atoms in total. The van der Waals surface area contributed by atoms with Crippen LogP contribution in [0.1, 0.15) is 44.1 Å². The van der Waals surface area contributed by atoms with E-state index in [0.717, 1.165) is 12.8 Å². The Labute approximate surface area is 125 Å². The van der Waals surface area contributed by atoms with Crippen molar-refractivity contribution in [2.24, 2.45) is 16.3 Å². The quantitative estimate of drug-likeness (QED) is 0.336. The molecule has 1 aromatic rings. The number of hydrogen-bond acceptors (Lipinski definition) is 3. The summed E-state index contributed by atoms with van der Waals surface area (Å²) in [5, 5.41) is 15.0. The van der Waals surface area contributed by atoms with Gasteiger partial charge in [-0.2, -0.15) is 0 Å². The molecule has 114 valence electrons. The zero-order valence-corrected chi connectivity index (χ0v) is 12.4. The third-order valence-electron chi connectivity index (χ3n) is 4.43. The van der Waals surface area contributed by atoms with Crippen LogP contribution in [0, 0.1) is 5.41 Å². The molecule has 0 aliphatic heterocycles. The van der Waals surface area contributed by atoms with Gasteiger partial charge >= 0.3 is 0 Å². The number of nitrogens with one attached hydrogen (secondary N) is 1. The predicted molar refractivity (Wildman–Crippen MR) is 82.2 cm³/mol. The van der Waals surface area contributed by atoms with Crippen molar-refractivity contribution in [3.05, 3.63) is 35.9 Å². The molecule has 1 aromatic carbocycles. The van der Waals surface area contributed by atoms with Crippen LogP contribution in [0.5, 0.6) is 0 Å². The predicted octanol–water partition coefficient (Wildman–Crippen LogP) is 2.21. The Kier molecular flexibility index (Phi) is 4.83. The normalized spacial score (nSPS) is 19.2. The minimum atomic E-state index is -0.828. The summed E-state index contributed by atoms with van der Waals surface area (Å²) in [4.78, 5) is 12.5. The smallest absolute Gasteiger partial charge is 0.233 e. The first-order valence-electron chi connectivity index (χ1n) is 7.41. The number of benzene rings is 1. The number of oxime groups is 1. The van der Waals surface area contributed by atoms with Gasteiger partial charge in [-0.15, -0.1) is 0 Å². The zero-order chi connectivity index (χ0) is 15.3. The van der Waals surface area contributed by atoms with Gasteiger partial charge in [-0.25, -0.2) is 0 Å². The van der Waals surface area contributed by atoms with Crippen LogP contribution in [0.15, 0.2) is 35.5 Å². The van der Waals surface area contributed by atoms with Gasteiger partial charge in [0.2, 0.25) is 5.91 Å². The summed E-state index contributed by atoms with van der Waals surface area (Å²) >= 11 is 0. The summed E-state index contributed by atoms with van der Waals surface area (Å²) in [6, 6.07) is 10.0. The monoisotopic (exact) mass is 289 g/mol. The second kappa shape index (κ2) is 6.61. The van der Waals surface area contributed by atoms with Gasteiger partial charge in [-0.1, -0.05) is 55.3 Å². The topological polar surface area (TPSA) is 87.7 Å². The molecule has 21 heavy (non-hydrogen) atoms. The first-order valence-corrected chi connectivity index (χ1v) is 7.41. The maximum absolute atomic E-state index is 12.5. The first-order chi connectivity index (χ1) is 10.1. The van der Waals surface area contributed by atoms with Crippen LogP contribution in [0.25, 0.3) is 0 Å². The molecule has 1 aliphatic carbocycles. The first kappa shape index (κ1) is 15.4. The summed E-state index contributed by atoms with van der Waals surface area (Å²) in [5.41, 5.74) is 6.13. The van der Waals surface area contributed by atoms with E-state index in [2.05, 4.69) is 17.4 Å². The molecule has 0 aromatic heterocycles. The van der Waals surface area contributed by atoms with E-state index in [1.165, 1.54) is 5.56 Å². The molecule has 1 amide bonds. The van der Waals surface area contributed by atoms with E-state index in [1.54, 1.807) is 0 Å². The number of amides is 1. The average molecular weight is 289 g/mol. The lowest BCUT2D eigenvalue weighted by Gasteiger charge is -2.26. The fraction of sp³-hybridized carbons (Fsp3) is 0.500. The molecule has 0 heterocycles. The molecule has 1 atom stereocenters. The third-order valence-corrected chi connectivity index (χ3v) is 4.43. The highest BCUT2D eigenvalue weighted by Gasteiger charge is 2.45. The van der Waals surface area contributed by atoms with E-state index in [0.29, 0.717) is 19.4 Å². The number of nitrogens with zero attached hydrogens (tertiary/aromatic N) is 1. The van der Waals surface area contributed by atoms with Gasteiger partial charge in [0.15, 0.2) is 5.84 Å². The van der Waals surface area contributed by atoms with E-state index < -0.39 is 5.41 Å². The summed E-state index contributed by atoms with van der Waals surface area (Å²) in [6.07, 6.45) is 3.15. The van der Waals surface area contributed by atoms with Gasteiger partial charge in [0.1, 0.15) is 5.41 Å². The van der Waals surface area contributed by atoms with E-state index in [9.17, 15) is 4.79 Å². The summed E-state index contributed by atoms with van der Waals surface area (Å²) in [6.45, 7) is 2.61.